The van der Waals surface area contributed by atoms with Gasteiger partial charge in [-0.1, -0.05) is 51.2 Å². The highest BCUT2D eigenvalue weighted by Crippen LogP contribution is 2.22. The number of halogens is 2. The Morgan fingerprint density at radius 1 is 1.29 bits per heavy atom. The zero-order chi connectivity index (χ0) is 12.8. The fourth-order valence-electron chi connectivity index (χ4n) is 1.64. The highest BCUT2D eigenvalue weighted by Gasteiger charge is 2.11. The number of carbonyl (C=O) groups is 1. The summed E-state index contributed by atoms with van der Waals surface area (Å²) in [4.78, 5) is 13.2. The number of aromatic carboxylic acids is 1. The van der Waals surface area contributed by atoms with Gasteiger partial charge in [0.15, 0.2) is 0 Å². The number of hydrogen-bond donors (Lipinski definition) is 1. The van der Waals surface area contributed by atoms with E-state index in [1.165, 1.54) is 0 Å². The molecule has 1 N–H and O–H groups in total. The molecule has 1 rings (SSSR count). The van der Waals surface area contributed by atoms with E-state index in [2.05, 4.69) is 50.1 Å². The van der Waals surface area contributed by atoms with Crippen LogP contribution in [0.2, 0.25) is 0 Å². The van der Waals surface area contributed by atoms with Gasteiger partial charge in [-0.3, -0.25) is 0 Å². The van der Waals surface area contributed by atoms with Gasteiger partial charge >= 0.3 is 5.97 Å². The maximum Gasteiger partial charge on any atom is 0.335 e. The van der Waals surface area contributed by atoms with Crippen LogP contribution in [-0.2, 0) is 0 Å². The molecule has 0 heterocycles. The van der Waals surface area contributed by atoms with E-state index in [0.29, 0.717) is 5.56 Å². The summed E-state index contributed by atoms with van der Waals surface area (Å²) in [7, 11) is 0. The molecule has 0 aromatic heterocycles. The molecule has 0 unspecified atom stereocenters. The lowest BCUT2D eigenvalue weighted by atomic mass is 10.1. The number of rotatable bonds is 6. The van der Waals surface area contributed by atoms with Crippen molar-refractivity contribution >= 4 is 56.8 Å². The van der Waals surface area contributed by atoms with Crippen LogP contribution in [0.25, 0.3) is 0 Å². The third-order valence-corrected chi connectivity index (χ3v) is 3.47. The summed E-state index contributed by atoms with van der Waals surface area (Å²) in [5, 5.41) is 9.02. The van der Waals surface area contributed by atoms with Gasteiger partial charge in [-0.15, -0.1) is 0 Å². The van der Waals surface area contributed by atoms with Crippen LogP contribution in [0.15, 0.2) is 18.2 Å². The molecule has 94 valence electrons. The molecule has 0 bridgehead atoms. The molecule has 0 atom stereocenters. The molecule has 0 aliphatic heterocycles. The lowest BCUT2D eigenvalue weighted by molar-refractivity contribution is 0.0697. The SMILES string of the molecule is Cc1ccc(C(=O)O)cc1N(CCI)CCI. The number of nitrogens with zero attached hydrogens (tertiary/aromatic N) is 1. The van der Waals surface area contributed by atoms with Crippen LogP contribution < -0.4 is 4.90 Å². The lowest BCUT2D eigenvalue weighted by Crippen LogP contribution is -2.28. The maximum absolute atomic E-state index is 11.0. The molecule has 0 spiro atoms. The summed E-state index contributed by atoms with van der Waals surface area (Å²) >= 11 is 4.68. The molecule has 0 saturated carbocycles. The van der Waals surface area contributed by atoms with Crippen LogP contribution in [0.3, 0.4) is 0 Å². The van der Waals surface area contributed by atoms with E-state index in [1.54, 1.807) is 12.1 Å². The van der Waals surface area contributed by atoms with E-state index in [9.17, 15) is 4.79 Å². The Morgan fingerprint density at radius 3 is 2.35 bits per heavy atom. The number of alkyl halides is 2. The average Bonchev–Trinajstić information content (AvgIpc) is 2.29. The van der Waals surface area contributed by atoms with Gasteiger partial charge < -0.3 is 10.0 Å². The Kier molecular flexibility index (Phi) is 6.53. The maximum atomic E-state index is 11.0. The third kappa shape index (κ3) is 4.27. The van der Waals surface area contributed by atoms with Crippen molar-refractivity contribution in [3.05, 3.63) is 29.3 Å². The normalized spacial score (nSPS) is 10.3. The number of benzene rings is 1. The summed E-state index contributed by atoms with van der Waals surface area (Å²) < 4.78 is 2.07. The molecule has 1 aromatic rings. The van der Waals surface area contributed by atoms with Crippen LogP contribution in [0.4, 0.5) is 5.69 Å². The van der Waals surface area contributed by atoms with Crippen LogP contribution in [0, 0.1) is 6.92 Å². The second-order valence-corrected chi connectivity index (χ2v) is 5.83. The van der Waals surface area contributed by atoms with Gasteiger partial charge in [0.05, 0.1) is 5.56 Å². The largest absolute Gasteiger partial charge is 0.478 e. The summed E-state index contributed by atoms with van der Waals surface area (Å²) in [6.45, 7) is 3.93. The number of carboxylic acids is 1. The summed E-state index contributed by atoms with van der Waals surface area (Å²) in [6, 6.07) is 5.32. The molecule has 0 fully saturated rings. The van der Waals surface area contributed by atoms with E-state index in [4.69, 9.17) is 5.11 Å². The second kappa shape index (κ2) is 7.40. The van der Waals surface area contributed by atoms with E-state index >= 15 is 0 Å². The quantitative estimate of drug-likeness (QED) is 0.525. The van der Waals surface area contributed by atoms with Crippen molar-refractivity contribution in [2.24, 2.45) is 0 Å². The Labute approximate surface area is 129 Å². The number of hydrogen-bond acceptors (Lipinski definition) is 2. The first-order chi connectivity index (χ1) is 8.10. The smallest absolute Gasteiger partial charge is 0.335 e. The highest BCUT2D eigenvalue weighted by atomic mass is 127. The predicted octanol–water partition coefficient (Wildman–Crippen LogP) is 3.37. The van der Waals surface area contributed by atoms with Gasteiger partial charge in [-0.25, -0.2) is 4.79 Å². The molecule has 17 heavy (non-hydrogen) atoms. The predicted molar refractivity (Wildman–Crippen MR) is 88.1 cm³/mol. The van der Waals surface area contributed by atoms with Gasteiger partial charge in [-0.2, -0.15) is 0 Å². The topological polar surface area (TPSA) is 40.5 Å². The number of aryl methyl sites for hydroxylation is 1. The van der Waals surface area contributed by atoms with Crippen molar-refractivity contribution < 1.29 is 9.90 Å². The average molecular weight is 459 g/mol. The summed E-state index contributed by atoms with van der Waals surface area (Å²) in [6.07, 6.45) is 0. The summed E-state index contributed by atoms with van der Waals surface area (Å²) in [5.41, 5.74) is 2.53. The van der Waals surface area contributed by atoms with Gasteiger partial charge in [0.2, 0.25) is 0 Å². The molecule has 0 amide bonds. The minimum absolute atomic E-state index is 0.359. The Morgan fingerprint density at radius 2 is 1.88 bits per heavy atom. The lowest BCUT2D eigenvalue weighted by Gasteiger charge is -2.25. The third-order valence-electron chi connectivity index (χ3n) is 2.51. The van der Waals surface area contributed by atoms with Crippen molar-refractivity contribution in [3.8, 4) is 0 Å². The molecule has 0 saturated heterocycles. The van der Waals surface area contributed by atoms with Gasteiger partial charge in [0.1, 0.15) is 0 Å². The van der Waals surface area contributed by atoms with Crippen molar-refractivity contribution in [2.75, 3.05) is 26.8 Å². The zero-order valence-electron chi connectivity index (χ0n) is 9.62. The van der Waals surface area contributed by atoms with E-state index in [0.717, 1.165) is 33.2 Å². The number of anilines is 1. The fourth-order valence-corrected chi connectivity index (χ4v) is 2.80. The van der Waals surface area contributed by atoms with E-state index < -0.39 is 5.97 Å². The Balaban J connectivity index is 3.07. The van der Waals surface area contributed by atoms with Crippen molar-refractivity contribution in [1.82, 2.24) is 0 Å². The fraction of sp³-hybridized carbons (Fsp3) is 0.417. The summed E-state index contributed by atoms with van der Waals surface area (Å²) in [5.74, 6) is -0.866. The first-order valence-electron chi connectivity index (χ1n) is 5.31. The molecule has 1 aromatic carbocycles. The Bertz CT molecular complexity index is 390. The molecule has 0 aliphatic rings. The van der Waals surface area contributed by atoms with E-state index in [1.807, 2.05) is 13.0 Å². The molecular weight excluding hydrogens is 444 g/mol. The standard InChI is InChI=1S/C12H15I2NO2/c1-9-2-3-10(12(16)17)8-11(9)15(6-4-13)7-5-14/h2-3,8H,4-7H2,1H3,(H,16,17). The first-order valence-corrected chi connectivity index (χ1v) is 8.36. The second-order valence-electron chi connectivity index (χ2n) is 3.67. The molecule has 0 aliphatic carbocycles. The molecule has 0 radical (unpaired) electrons. The Hall–Kier alpha value is -0.0500. The van der Waals surface area contributed by atoms with Crippen LogP contribution in [0.1, 0.15) is 15.9 Å². The molecule has 5 heteroatoms. The number of carboxylic acid groups (broad SMARTS) is 1. The van der Waals surface area contributed by atoms with E-state index in [-0.39, 0.29) is 0 Å². The minimum atomic E-state index is -0.866. The van der Waals surface area contributed by atoms with Gasteiger partial charge in [0, 0.05) is 27.6 Å². The molecular formula is C12H15I2NO2. The van der Waals surface area contributed by atoms with Crippen LogP contribution >= 0.6 is 45.2 Å². The van der Waals surface area contributed by atoms with Crippen molar-refractivity contribution in [3.63, 3.8) is 0 Å². The van der Waals surface area contributed by atoms with Crippen molar-refractivity contribution in [2.45, 2.75) is 6.92 Å². The van der Waals surface area contributed by atoms with Crippen LogP contribution in [-0.4, -0.2) is 33.0 Å². The molecule has 3 nitrogen and oxygen atoms in total. The first kappa shape index (κ1) is 15.0. The van der Waals surface area contributed by atoms with Gasteiger partial charge in [0.25, 0.3) is 0 Å². The van der Waals surface area contributed by atoms with Crippen LogP contribution in [0.5, 0.6) is 0 Å². The highest BCUT2D eigenvalue weighted by molar-refractivity contribution is 14.1. The zero-order valence-corrected chi connectivity index (χ0v) is 13.9. The monoisotopic (exact) mass is 459 g/mol. The minimum Gasteiger partial charge on any atom is -0.478 e. The van der Waals surface area contributed by atoms with Crippen molar-refractivity contribution in [1.29, 1.82) is 0 Å². The van der Waals surface area contributed by atoms with Gasteiger partial charge in [-0.05, 0) is 24.6 Å².